The van der Waals surface area contributed by atoms with Crippen LogP contribution in [0.15, 0.2) is 42.9 Å². The summed E-state index contributed by atoms with van der Waals surface area (Å²) in [5.74, 6) is -0.607. The summed E-state index contributed by atoms with van der Waals surface area (Å²) < 4.78 is 33.1. The lowest BCUT2D eigenvalue weighted by molar-refractivity contribution is -0.0313. The minimum Gasteiger partial charge on any atom is -0.450 e. The molecule has 1 fully saturated rings. The quantitative estimate of drug-likeness (QED) is 0.471. The smallest absolute Gasteiger partial charge is 0.339 e. The van der Waals surface area contributed by atoms with Crippen LogP contribution in [0.3, 0.4) is 0 Å². The van der Waals surface area contributed by atoms with Crippen LogP contribution in [-0.2, 0) is 10.3 Å². The second-order valence-electron chi connectivity index (χ2n) is 8.26. The van der Waals surface area contributed by atoms with Crippen LogP contribution in [0.1, 0.15) is 53.3 Å². The minimum absolute atomic E-state index is 0.118. The molecule has 4 heterocycles. The van der Waals surface area contributed by atoms with E-state index >= 15 is 0 Å². The van der Waals surface area contributed by atoms with Gasteiger partial charge in [-0.3, -0.25) is 4.98 Å². The average molecular weight is 433 g/mol. The number of nitrogens with one attached hydrogen (secondary N) is 1. The lowest BCUT2D eigenvalue weighted by atomic mass is 9.75. The van der Waals surface area contributed by atoms with Gasteiger partial charge < -0.3 is 9.72 Å². The molecule has 0 unspecified atom stereocenters. The molecule has 1 aromatic carbocycles. The largest absolute Gasteiger partial charge is 0.450 e. The number of benzene rings is 1. The molecule has 0 saturated heterocycles. The predicted octanol–water partition coefficient (Wildman–Crippen LogP) is 4.42. The molecular weight excluding hydrogens is 416 g/mol. The number of ether oxygens (including phenoxy) is 1. The van der Waals surface area contributed by atoms with Crippen LogP contribution in [0.25, 0.3) is 22.6 Å². The molecule has 9 heteroatoms. The first-order valence-electron chi connectivity index (χ1n) is 10.4. The van der Waals surface area contributed by atoms with Gasteiger partial charge in [-0.15, -0.1) is 0 Å². The zero-order valence-corrected chi connectivity index (χ0v) is 16.8. The first kappa shape index (κ1) is 19.0. The third-order valence-electron chi connectivity index (χ3n) is 6.43. The van der Waals surface area contributed by atoms with Gasteiger partial charge in [-0.1, -0.05) is 0 Å². The molecule has 1 aliphatic heterocycles. The topological polar surface area (TPSA) is 93.6 Å². The summed E-state index contributed by atoms with van der Waals surface area (Å²) in [6.45, 7) is 0. The normalized spacial score (nSPS) is 22.3. The van der Waals surface area contributed by atoms with Crippen molar-refractivity contribution in [2.24, 2.45) is 0 Å². The monoisotopic (exact) mass is 433 g/mol. The van der Waals surface area contributed by atoms with Crippen LogP contribution < -0.4 is 0 Å². The Morgan fingerprint density at radius 3 is 2.72 bits per heavy atom. The molecule has 0 radical (unpaired) electrons. The summed E-state index contributed by atoms with van der Waals surface area (Å²) in [5.41, 5.74) is 2.04. The van der Waals surface area contributed by atoms with Gasteiger partial charge in [0.2, 0.25) is 0 Å². The Labute approximate surface area is 180 Å². The standard InChI is InChI=1S/C23H17F2N5O2/c24-13-1-2-15(17(25)9-13)20-27-11-18-21(30-20)29-19(28-18)12-3-6-23(7-4-12)16-10-26-8-5-14(16)22(31)32-23/h1-2,5,8-12H,3-4,6-7H2,(H,27,28,29,30). The number of H-pyrrole nitrogens is 1. The van der Waals surface area contributed by atoms with E-state index in [-0.39, 0.29) is 23.3 Å². The number of carbonyl (C=O) groups is 1. The van der Waals surface area contributed by atoms with Crippen LogP contribution >= 0.6 is 0 Å². The third kappa shape index (κ3) is 2.88. The summed E-state index contributed by atoms with van der Waals surface area (Å²) in [7, 11) is 0. The molecule has 4 aromatic rings. The minimum atomic E-state index is -0.724. The predicted molar refractivity (Wildman–Crippen MR) is 110 cm³/mol. The van der Waals surface area contributed by atoms with Gasteiger partial charge in [0.15, 0.2) is 11.5 Å². The van der Waals surface area contributed by atoms with Gasteiger partial charge in [-0.05, 0) is 43.9 Å². The van der Waals surface area contributed by atoms with Gasteiger partial charge in [-0.2, -0.15) is 0 Å². The number of carbonyl (C=O) groups excluding carboxylic acids is 1. The SMILES string of the molecule is O=C1OC2(CCC(c3nc4nc(-c5ccc(F)cc5F)ncc4[nH]3)CC2)c2cnccc21. The molecule has 1 spiro atoms. The summed E-state index contributed by atoms with van der Waals surface area (Å²) in [5, 5.41) is 0. The van der Waals surface area contributed by atoms with E-state index in [0.717, 1.165) is 30.3 Å². The van der Waals surface area contributed by atoms with E-state index in [1.807, 2.05) is 0 Å². The van der Waals surface area contributed by atoms with Crippen molar-refractivity contribution in [2.75, 3.05) is 0 Å². The Bertz CT molecular complexity index is 1380. The fourth-order valence-electron chi connectivity index (χ4n) is 4.77. The number of aromatic amines is 1. The van der Waals surface area contributed by atoms with Crippen LogP contribution in [0.2, 0.25) is 0 Å². The van der Waals surface area contributed by atoms with Crippen LogP contribution in [0.5, 0.6) is 0 Å². The number of esters is 1. The molecule has 7 nitrogen and oxygen atoms in total. The Balaban J connectivity index is 1.26. The molecule has 0 atom stereocenters. The van der Waals surface area contributed by atoms with Crippen molar-refractivity contribution in [1.82, 2.24) is 24.9 Å². The molecule has 0 bridgehead atoms. The van der Waals surface area contributed by atoms with E-state index in [9.17, 15) is 13.6 Å². The van der Waals surface area contributed by atoms with Crippen molar-refractivity contribution in [3.8, 4) is 11.4 Å². The summed E-state index contributed by atoms with van der Waals surface area (Å²) >= 11 is 0. The average Bonchev–Trinajstić information content (AvgIpc) is 3.33. The number of hydrogen-bond donors (Lipinski definition) is 1. The maximum Gasteiger partial charge on any atom is 0.339 e. The Morgan fingerprint density at radius 1 is 1.06 bits per heavy atom. The van der Waals surface area contributed by atoms with E-state index in [2.05, 4.69) is 24.9 Å². The molecule has 1 N–H and O–H groups in total. The zero-order valence-electron chi connectivity index (χ0n) is 16.8. The third-order valence-corrected chi connectivity index (χ3v) is 6.43. The van der Waals surface area contributed by atoms with E-state index < -0.39 is 17.2 Å². The summed E-state index contributed by atoms with van der Waals surface area (Å²) in [4.78, 5) is 32.9. The van der Waals surface area contributed by atoms with Crippen LogP contribution in [0, 0.1) is 11.6 Å². The molecule has 6 rings (SSSR count). The van der Waals surface area contributed by atoms with Crippen LogP contribution in [0.4, 0.5) is 8.78 Å². The van der Waals surface area contributed by atoms with Gasteiger partial charge >= 0.3 is 5.97 Å². The number of halogens is 2. The maximum atomic E-state index is 14.1. The second kappa shape index (κ2) is 6.88. The van der Waals surface area contributed by atoms with Gasteiger partial charge in [-0.25, -0.2) is 28.5 Å². The first-order chi connectivity index (χ1) is 15.5. The highest BCUT2D eigenvalue weighted by Crippen LogP contribution is 2.49. The fourth-order valence-corrected chi connectivity index (χ4v) is 4.77. The van der Waals surface area contributed by atoms with Gasteiger partial charge in [0.1, 0.15) is 28.6 Å². The number of fused-ring (bicyclic) bond motifs is 3. The molecule has 160 valence electrons. The Morgan fingerprint density at radius 2 is 1.91 bits per heavy atom. The summed E-state index contributed by atoms with van der Waals surface area (Å²) in [6, 6.07) is 5.00. The molecule has 1 saturated carbocycles. The lowest BCUT2D eigenvalue weighted by Crippen LogP contribution is -2.31. The van der Waals surface area contributed by atoms with Crippen LogP contribution in [-0.4, -0.2) is 30.9 Å². The Hall–Kier alpha value is -3.75. The van der Waals surface area contributed by atoms with Crippen molar-refractivity contribution in [3.63, 3.8) is 0 Å². The summed E-state index contributed by atoms with van der Waals surface area (Å²) in [6.07, 6.45) is 7.79. The number of hydrogen-bond acceptors (Lipinski definition) is 6. The maximum absolute atomic E-state index is 14.1. The van der Waals surface area contributed by atoms with Crippen molar-refractivity contribution >= 4 is 17.1 Å². The van der Waals surface area contributed by atoms with Crippen molar-refractivity contribution in [3.05, 3.63) is 71.4 Å². The number of rotatable bonds is 2. The first-order valence-corrected chi connectivity index (χ1v) is 10.4. The van der Waals surface area contributed by atoms with Gasteiger partial charge in [0.05, 0.1) is 17.3 Å². The van der Waals surface area contributed by atoms with E-state index in [0.29, 0.717) is 29.6 Å². The lowest BCUT2D eigenvalue weighted by Gasteiger charge is -2.35. The fraction of sp³-hybridized carbons (Fsp3) is 0.261. The van der Waals surface area contributed by atoms with E-state index in [4.69, 9.17) is 4.74 Å². The zero-order chi connectivity index (χ0) is 21.9. The highest BCUT2D eigenvalue weighted by Gasteiger charge is 2.48. The van der Waals surface area contributed by atoms with Crippen molar-refractivity contribution < 1.29 is 18.3 Å². The van der Waals surface area contributed by atoms with E-state index in [1.165, 1.54) is 12.1 Å². The van der Waals surface area contributed by atoms with Crippen molar-refractivity contribution in [1.29, 1.82) is 0 Å². The second-order valence-corrected chi connectivity index (χ2v) is 8.26. The molecule has 1 aliphatic carbocycles. The van der Waals surface area contributed by atoms with Gasteiger partial charge in [0, 0.05) is 29.9 Å². The molecule has 3 aromatic heterocycles. The highest BCUT2D eigenvalue weighted by atomic mass is 19.1. The van der Waals surface area contributed by atoms with Gasteiger partial charge in [0.25, 0.3) is 0 Å². The Kier molecular flexibility index (Phi) is 4.08. The highest BCUT2D eigenvalue weighted by molar-refractivity contribution is 5.94. The number of imidazole rings is 1. The number of pyridine rings is 1. The van der Waals surface area contributed by atoms with E-state index in [1.54, 1.807) is 24.7 Å². The van der Waals surface area contributed by atoms with Crippen molar-refractivity contribution in [2.45, 2.75) is 37.2 Å². The molecule has 2 aliphatic rings. The number of aromatic nitrogens is 5. The molecule has 32 heavy (non-hydrogen) atoms. The molecular formula is C23H17F2N5O2. The number of nitrogens with zero attached hydrogens (tertiary/aromatic N) is 4. The molecule has 0 amide bonds.